The van der Waals surface area contributed by atoms with Crippen LogP contribution in [0, 0.1) is 6.92 Å². The molecule has 1 aromatic carbocycles. The summed E-state index contributed by atoms with van der Waals surface area (Å²) >= 11 is 0. The quantitative estimate of drug-likeness (QED) is 0.679. The van der Waals surface area contributed by atoms with Gasteiger partial charge in [-0.3, -0.25) is 9.47 Å². The fourth-order valence-corrected chi connectivity index (χ4v) is 5.32. The second-order valence-corrected chi connectivity index (χ2v) is 8.65. The highest BCUT2D eigenvalue weighted by Crippen LogP contribution is 2.56. The normalized spacial score (nSPS) is 24.3. The van der Waals surface area contributed by atoms with E-state index < -0.39 is 6.10 Å². The van der Waals surface area contributed by atoms with Crippen LogP contribution in [0.2, 0.25) is 0 Å². The first-order chi connectivity index (χ1) is 14.0. The molecule has 0 spiro atoms. The Morgan fingerprint density at radius 3 is 2.17 bits per heavy atom. The van der Waals surface area contributed by atoms with E-state index in [-0.39, 0.29) is 30.1 Å². The molecule has 2 aliphatic carbocycles. The Morgan fingerprint density at radius 2 is 1.55 bits per heavy atom. The molecule has 0 saturated carbocycles. The number of aliphatic hydroxyl groups excluding tert-OH is 1. The predicted octanol–water partition coefficient (Wildman–Crippen LogP) is 2.53. The maximum Gasteiger partial charge on any atom is 0.198 e. The van der Waals surface area contributed by atoms with Gasteiger partial charge in [0, 0.05) is 61.4 Å². The van der Waals surface area contributed by atoms with Gasteiger partial charge in [-0.1, -0.05) is 30.4 Å². The van der Waals surface area contributed by atoms with Gasteiger partial charge in [0.05, 0.1) is 12.6 Å². The van der Waals surface area contributed by atoms with Gasteiger partial charge in [-0.05, 0) is 25.0 Å². The Balaban J connectivity index is 1.20. The zero-order valence-corrected chi connectivity index (χ0v) is 16.8. The van der Waals surface area contributed by atoms with Crippen LogP contribution in [-0.4, -0.2) is 63.6 Å². The molecule has 6 heteroatoms. The number of hydrogen-bond donors (Lipinski definition) is 3. The van der Waals surface area contributed by atoms with Crippen molar-refractivity contribution in [2.75, 3.05) is 37.6 Å². The van der Waals surface area contributed by atoms with Crippen molar-refractivity contribution >= 4 is 5.69 Å². The average molecular weight is 396 g/mol. The van der Waals surface area contributed by atoms with Crippen LogP contribution in [0.3, 0.4) is 0 Å². The summed E-state index contributed by atoms with van der Waals surface area (Å²) in [4.78, 5) is 4.66. The number of aromatic hydroxyl groups is 2. The second kappa shape index (κ2) is 7.11. The van der Waals surface area contributed by atoms with E-state index in [4.69, 9.17) is 0 Å². The lowest BCUT2D eigenvalue weighted by molar-refractivity contribution is 0.0907. The zero-order chi connectivity index (χ0) is 20.1. The largest absolute Gasteiger partial charge is 0.494 e. The standard InChI is InChI=1S/C23H29N3O3/c1-15-4-2-3-5-19(15)25-10-8-24(9-11-25)13-18(27)14-26-22(28)20-16-6-7-17(12-16)21(20)23(26)29/h2-7,16-18,27-29H,8-14H2,1H3/t16-,17?,18?/m0/s1. The van der Waals surface area contributed by atoms with Crippen molar-refractivity contribution in [3.05, 3.63) is 53.1 Å². The minimum absolute atomic E-state index is 0.123. The van der Waals surface area contributed by atoms with Crippen LogP contribution in [0.15, 0.2) is 36.4 Å². The number of para-hydroxylation sites is 1. The molecule has 2 aromatic rings. The minimum atomic E-state index is -0.644. The van der Waals surface area contributed by atoms with E-state index >= 15 is 0 Å². The smallest absolute Gasteiger partial charge is 0.198 e. The van der Waals surface area contributed by atoms with Gasteiger partial charge in [0.15, 0.2) is 11.8 Å². The van der Waals surface area contributed by atoms with Gasteiger partial charge in [0.2, 0.25) is 0 Å². The molecule has 3 N–H and O–H groups in total. The molecule has 154 valence electrons. The Bertz CT molecular complexity index is 908. The maximum absolute atomic E-state index is 10.7. The van der Waals surface area contributed by atoms with E-state index in [0.717, 1.165) is 43.7 Å². The molecule has 1 aliphatic heterocycles. The van der Waals surface area contributed by atoms with Crippen LogP contribution in [0.5, 0.6) is 11.8 Å². The van der Waals surface area contributed by atoms with Gasteiger partial charge in [0.25, 0.3) is 0 Å². The summed E-state index contributed by atoms with van der Waals surface area (Å²) in [5.74, 6) is 0.651. The molecule has 1 fully saturated rings. The number of piperazine rings is 1. The molecule has 1 aromatic heterocycles. The number of aryl methyl sites for hydroxylation is 1. The number of aliphatic hydroxyl groups is 1. The van der Waals surface area contributed by atoms with Crippen molar-refractivity contribution in [2.45, 2.75) is 37.8 Å². The molecule has 6 nitrogen and oxygen atoms in total. The topological polar surface area (TPSA) is 72.1 Å². The number of nitrogens with zero attached hydrogens (tertiary/aromatic N) is 3. The molecule has 2 heterocycles. The highest BCUT2D eigenvalue weighted by Gasteiger charge is 2.41. The van der Waals surface area contributed by atoms with Crippen LogP contribution < -0.4 is 4.90 Å². The molecular weight excluding hydrogens is 366 g/mol. The first kappa shape index (κ1) is 18.6. The van der Waals surface area contributed by atoms with Crippen molar-refractivity contribution in [1.29, 1.82) is 0 Å². The van der Waals surface area contributed by atoms with Crippen molar-refractivity contribution in [1.82, 2.24) is 9.47 Å². The molecule has 29 heavy (non-hydrogen) atoms. The van der Waals surface area contributed by atoms with E-state index in [1.807, 2.05) is 0 Å². The van der Waals surface area contributed by atoms with Gasteiger partial charge in [-0.15, -0.1) is 0 Å². The average Bonchev–Trinajstić information content (AvgIpc) is 3.39. The van der Waals surface area contributed by atoms with E-state index in [1.54, 1.807) is 0 Å². The summed E-state index contributed by atoms with van der Waals surface area (Å²) in [6, 6.07) is 8.45. The monoisotopic (exact) mass is 395 g/mol. The van der Waals surface area contributed by atoms with Crippen LogP contribution in [0.1, 0.15) is 34.9 Å². The predicted molar refractivity (Wildman–Crippen MR) is 113 cm³/mol. The molecular formula is C23H29N3O3. The molecule has 5 rings (SSSR count). The Kier molecular flexibility index (Phi) is 4.56. The maximum atomic E-state index is 10.7. The van der Waals surface area contributed by atoms with Crippen LogP contribution in [0.25, 0.3) is 0 Å². The number of rotatable bonds is 5. The van der Waals surface area contributed by atoms with Crippen molar-refractivity contribution < 1.29 is 15.3 Å². The summed E-state index contributed by atoms with van der Waals surface area (Å²) in [6.45, 7) is 6.53. The number of hydrogen-bond acceptors (Lipinski definition) is 5. The van der Waals surface area contributed by atoms with E-state index in [9.17, 15) is 15.3 Å². The molecule has 0 radical (unpaired) electrons. The summed E-state index contributed by atoms with van der Waals surface area (Å²) in [6.07, 6.45) is 4.53. The summed E-state index contributed by atoms with van der Waals surface area (Å²) < 4.78 is 1.49. The summed E-state index contributed by atoms with van der Waals surface area (Å²) in [5.41, 5.74) is 4.28. The number of benzene rings is 1. The highest BCUT2D eigenvalue weighted by atomic mass is 16.3. The van der Waals surface area contributed by atoms with E-state index in [0.29, 0.717) is 6.54 Å². The molecule has 3 aliphatic rings. The second-order valence-electron chi connectivity index (χ2n) is 8.65. The lowest BCUT2D eigenvalue weighted by Crippen LogP contribution is -2.49. The highest BCUT2D eigenvalue weighted by molar-refractivity contribution is 5.58. The molecule has 3 atom stereocenters. The van der Waals surface area contributed by atoms with E-state index in [1.165, 1.54) is 15.8 Å². The third kappa shape index (κ3) is 3.11. The lowest BCUT2D eigenvalue weighted by Gasteiger charge is -2.37. The zero-order valence-electron chi connectivity index (χ0n) is 16.8. The molecule has 2 bridgehead atoms. The Labute approximate surface area is 171 Å². The fraction of sp³-hybridized carbons (Fsp3) is 0.478. The van der Waals surface area contributed by atoms with Gasteiger partial charge in [-0.25, -0.2) is 0 Å². The minimum Gasteiger partial charge on any atom is -0.494 e. The summed E-state index contributed by atoms with van der Waals surface area (Å²) in [5, 5.41) is 31.9. The van der Waals surface area contributed by atoms with Crippen LogP contribution in [0.4, 0.5) is 5.69 Å². The van der Waals surface area contributed by atoms with Gasteiger partial charge >= 0.3 is 0 Å². The molecule has 0 amide bonds. The molecule has 2 unspecified atom stereocenters. The number of aromatic nitrogens is 1. The first-order valence-electron chi connectivity index (χ1n) is 10.6. The number of β-amino-alcohol motifs (C(OH)–C–C–N with tert-alkyl or cyclic N) is 1. The SMILES string of the molecule is Cc1ccccc1N1CCN(CC(O)Cn2c(O)c3c(c2O)[C@H]2C=CC3C2)CC1. The van der Waals surface area contributed by atoms with Gasteiger partial charge < -0.3 is 20.2 Å². The molecule has 1 saturated heterocycles. The fourth-order valence-electron chi connectivity index (χ4n) is 5.32. The lowest BCUT2D eigenvalue weighted by atomic mass is 10.0. The first-order valence-corrected chi connectivity index (χ1v) is 10.6. The third-order valence-corrected chi connectivity index (χ3v) is 6.80. The van der Waals surface area contributed by atoms with Gasteiger partial charge in [0.1, 0.15) is 0 Å². The van der Waals surface area contributed by atoms with Crippen molar-refractivity contribution in [3.63, 3.8) is 0 Å². The number of allylic oxidation sites excluding steroid dienone is 2. The van der Waals surface area contributed by atoms with E-state index in [2.05, 4.69) is 53.1 Å². The van der Waals surface area contributed by atoms with Crippen molar-refractivity contribution in [3.8, 4) is 11.8 Å². The number of fused-ring (bicyclic) bond motifs is 5. The number of anilines is 1. The third-order valence-electron chi connectivity index (χ3n) is 6.80. The van der Waals surface area contributed by atoms with Crippen LogP contribution >= 0.6 is 0 Å². The summed E-state index contributed by atoms with van der Waals surface area (Å²) in [7, 11) is 0. The van der Waals surface area contributed by atoms with Crippen molar-refractivity contribution in [2.24, 2.45) is 0 Å². The Hall–Kier alpha value is -2.44. The van der Waals surface area contributed by atoms with Gasteiger partial charge in [-0.2, -0.15) is 0 Å². The Morgan fingerprint density at radius 1 is 0.931 bits per heavy atom. The van der Waals surface area contributed by atoms with Crippen LogP contribution in [-0.2, 0) is 6.54 Å².